The van der Waals surface area contributed by atoms with Crippen LogP contribution >= 0.6 is 22.6 Å². The summed E-state index contributed by atoms with van der Waals surface area (Å²) in [5.41, 5.74) is 0. The highest BCUT2D eigenvalue weighted by atomic mass is 127. The number of hydrogen-bond acceptors (Lipinski definition) is 9. The Morgan fingerprint density at radius 1 is 1.10 bits per heavy atom. The van der Waals surface area contributed by atoms with Crippen molar-refractivity contribution in [3.8, 4) is 5.75 Å². The van der Waals surface area contributed by atoms with Crippen LogP contribution in [0.25, 0.3) is 0 Å². The van der Waals surface area contributed by atoms with Gasteiger partial charge in [-0.15, -0.1) is 0 Å². The standard InChI is InChI=1S/C19H20INO9/c1-9(22)21-15-17(30-19(21)25)16(27-11(3)24)14(8-26-10(2)23)29-18(15)28-13-6-4-12(20)5-7-13/h4-7,14-18H,8H2,1-3H3/t14-,15-,16-,17-,18?/m1/s1. The summed E-state index contributed by atoms with van der Waals surface area (Å²) in [5.74, 6) is -1.36. The van der Waals surface area contributed by atoms with E-state index in [1.807, 2.05) is 12.1 Å². The van der Waals surface area contributed by atoms with Crippen LogP contribution in [0, 0.1) is 3.57 Å². The third-order valence-electron chi connectivity index (χ3n) is 4.50. The number of carbonyl (C=O) groups is 4. The number of amides is 2. The van der Waals surface area contributed by atoms with Gasteiger partial charge in [0.1, 0.15) is 24.5 Å². The average molecular weight is 533 g/mol. The van der Waals surface area contributed by atoms with Gasteiger partial charge in [0.25, 0.3) is 0 Å². The Labute approximate surface area is 185 Å². The molecule has 2 aliphatic rings. The number of nitrogens with zero attached hydrogens (tertiary/aromatic N) is 1. The second-order valence-electron chi connectivity index (χ2n) is 6.72. The molecule has 10 nitrogen and oxygen atoms in total. The molecule has 162 valence electrons. The molecule has 1 unspecified atom stereocenters. The van der Waals surface area contributed by atoms with E-state index in [2.05, 4.69) is 22.6 Å². The van der Waals surface area contributed by atoms with Gasteiger partial charge >= 0.3 is 18.0 Å². The van der Waals surface area contributed by atoms with Gasteiger partial charge in [-0.3, -0.25) is 14.4 Å². The molecule has 2 saturated heterocycles. The monoisotopic (exact) mass is 533 g/mol. The molecule has 5 atom stereocenters. The molecule has 0 N–H and O–H groups in total. The maximum Gasteiger partial charge on any atom is 0.417 e. The van der Waals surface area contributed by atoms with Crippen LogP contribution in [-0.2, 0) is 33.3 Å². The molecule has 0 bridgehead atoms. The normalized spacial score (nSPS) is 27.7. The number of halogens is 1. The Balaban J connectivity index is 1.95. The Hall–Kier alpha value is -2.41. The first-order valence-electron chi connectivity index (χ1n) is 9.06. The van der Waals surface area contributed by atoms with E-state index in [1.54, 1.807) is 12.1 Å². The predicted octanol–water partition coefficient (Wildman–Crippen LogP) is 1.63. The first kappa shape index (κ1) is 22.3. The third kappa shape index (κ3) is 4.83. The van der Waals surface area contributed by atoms with Crippen LogP contribution in [-0.4, -0.2) is 66.1 Å². The number of rotatable bonds is 5. The summed E-state index contributed by atoms with van der Waals surface area (Å²) in [5, 5.41) is 0. The molecule has 0 saturated carbocycles. The van der Waals surface area contributed by atoms with E-state index in [4.69, 9.17) is 23.7 Å². The second-order valence-corrected chi connectivity index (χ2v) is 7.96. The fourth-order valence-corrected chi connectivity index (χ4v) is 3.70. The highest BCUT2D eigenvalue weighted by Gasteiger charge is 2.60. The number of carbonyl (C=O) groups excluding carboxylic acids is 4. The van der Waals surface area contributed by atoms with Gasteiger partial charge in [0.15, 0.2) is 12.2 Å². The van der Waals surface area contributed by atoms with Crippen LogP contribution in [0.15, 0.2) is 24.3 Å². The zero-order chi connectivity index (χ0) is 22.0. The maximum absolute atomic E-state index is 12.4. The maximum atomic E-state index is 12.4. The van der Waals surface area contributed by atoms with Crippen LogP contribution in [0.2, 0.25) is 0 Å². The lowest BCUT2D eigenvalue weighted by Gasteiger charge is -2.42. The fraction of sp³-hybridized carbons (Fsp3) is 0.474. The molecule has 0 aromatic heterocycles. The van der Waals surface area contributed by atoms with Crippen LogP contribution in [0.4, 0.5) is 4.79 Å². The van der Waals surface area contributed by atoms with Gasteiger partial charge < -0.3 is 23.7 Å². The van der Waals surface area contributed by atoms with Gasteiger partial charge in [0.2, 0.25) is 12.2 Å². The molecule has 1 aromatic carbocycles. The Morgan fingerprint density at radius 2 is 1.77 bits per heavy atom. The highest BCUT2D eigenvalue weighted by Crippen LogP contribution is 2.36. The molecule has 0 spiro atoms. The van der Waals surface area contributed by atoms with Crippen LogP contribution in [0.3, 0.4) is 0 Å². The number of imide groups is 1. The van der Waals surface area contributed by atoms with Crippen molar-refractivity contribution < 1.29 is 42.9 Å². The van der Waals surface area contributed by atoms with Gasteiger partial charge in [0.05, 0.1) is 0 Å². The highest BCUT2D eigenvalue weighted by molar-refractivity contribution is 14.1. The van der Waals surface area contributed by atoms with Crippen LogP contribution in [0.1, 0.15) is 20.8 Å². The van der Waals surface area contributed by atoms with E-state index in [1.165, 1.54) is 20.8 Å². The third-order valence-corrected chi connectivity index (χ3v) is 5.22. The molecular formula is C19H20INO9. The summed E-state index contributed by atoms with van der Waals surface area (Å²) >= 11 is 2.14. The summed E-state index contributed by atoms with van der Waals surface area (Å²) in [6.45, 7) is 3.35. The minimum Gasteiger partial charge on any atom is -0.463 e. The summed E-state index contributed by atoms with van der Waals surface area (Å²) in [7, 11) is 0. The number of benzene rings is 1. The van der Waals surface area contributed by atoms with E-state index in [9.17, 15) is 19.2 Å². The van der Waals surface area contributed by atoms with Crippen molar-refractivity contribution in [3.63, 3.8) is 0 Å². The minimum atomic E-state index is -1.14. The van der Waals surface area contributed by atoms with E-state index < -0.39 is 54.6 Å². The van der Waals surface area contributed by atoms with Crippen molar-refractivity contribution in [2.24, 2.45) is 0 Å². The smallest absolute Gasteiger partial charge is 0.417 e. The lowest BCUT2D eigenvalue weighted by atomic mass is 9.96. The van der Waals surface area contributed by atoms with Crippen molar-refractivity contribution in [2.45, 2.75) is 51.4 Å². The van der Waals surface area contributed by atoms with Gasteiger partial charge in [-0.2, -0.15) is 0 Å². The van der Waals surface area contributed by atoms with Gasteiger partial charge in [-0.05, 0) is 46.9 Å². The van der Waals surface area contributed by atoms with Crippen LogP contribution < -0.4 is 4.74 Å². The molecule has 2 heterocycles. The molecule has 3 rings (SSSR count). The number of hydrogen-bond donors (Lipinski definition) is 0. The first-order chi connectivity index (χ1) is 14.2. The average Bonchev–Trinajstić information content (AvgIpc) is 3.01. The quantitative estimate of drug-likeness (QED) is 0.316. The largest absolute Gasteiger partial charge is 0.463 e. The number of ether oxygens (including phenoxy) is 5. The van der Waals surface area contributed by atoms with Crippen molar-refractivity contribution in [1.29, 1.82) is 0 Å². The molecule has 0 radical (unpaired) electrons. The second kappa shape index (κ2) is 9.16. The molecule has 0 aliphatic carbocycles. The Morgan fingerprint density at radius 3 is 2.33 bits per heavy atom. The van der Waals surface area contributed by atoms with Gasteiger partial charge in [0, 0.05) is 24.3 Å². The van der Waals surface area contributed by atoms with E-state index in [0.29, 0.717) is 5.75 Å². The zero-order valence-corrected chi connectivity index (χ0v) is 18.6. The summed E-state index contributed by atoms with van der Waals surface area (Å²) in [4.78, 5) is 48.3. The lowest BCUT2D eigenvalue weighted by Crippen LogP contribution is -2.63. The molecule has 2 aliphatic heterocycles. The SMILES string of the molecule is CC(=O)OC[C@H]1OC(Oc2ccc(I)cc2)[C@H]2[C@@H](OC(=O)N2C(C)=O)[C@@H]1OC(C)=O. The summed E-state index contributed by atoms with van der Waals surface area (Å²) < 4.78 is 28.5. The van der Waals surface area contributed by atoms with E-state index in [-0.39, 0.29) is 6.61 Å². The Bertz CT molecular complexity index is 843. The Kier molecular flexibility index (Phi) is 6.81. The first-order valence-corrected chi connectivity index (χ1v) is 10.1. The topological polar surface area (TPSA) is 118 Å². The van der Waals surface area contributed by atoms with Crippen molar-refractivity contribution >= 4 is 46.5 Å². The fourth-order valence-electron chi connectivity index (χ4n) is 3.34. The van der Waals surface area contributed by atoms with E-state index >= 15 is 0 Å². The number of fused-ring (bicyclic) bond motifs is 1. The minimum absolute atomic E-state index is 0.263. The lowest BCUT2D eigenvalue weighted by molar-refractivity contribution is -0.247. The molecule has 11 heteroatoms. The van der Waals surface area contributed by atoms with Gasteiger partial charge in [-0.25, -0.2) is 9.69 Å². The summed E-state index contributed by atoms with van der Waals surface area (Å²) in [6.07, 6.45) is -5.18. The number of esters is 2. The molecule has 1 aromatic rings. The molecular weight excluding hydrogens is 513 g/mol. The van der Waals surface area contributed by atoms with Crippen molar-refractivity contribution in [1.82, 2.24) is 4.90 Å². The zero-order valence-electron chi connectivity index (χ0n) is 16.4. The van der Waals surface area contributed by atoms with Crippen molar-refractivity contribution in [2.75, 3.05) is 6.61 Å². The van der Waals surface area contributed by atoms with Crippen LogP contribution in [0.5, 0.6) is 5.75 Å². The molecule has 30 heavy (non-hydrogen) atoms. The van der Waals surface area contributed by atoms with Crippen molar-refractivity contribution in [3.05, 3.63) is 27.8 Å². The van der Waals surface area contributed by atoms with E-state index in [0.717, 1.165) is 8.47 Å². The molecule has 2 fully saturated rings. The molecule has 2 amide bonds. The summed E-state index contributed by atoms with van der Waals surface area (Å²) in [6, 6.07) is 6.03. The van der Waals surface area contributed by atoms with Gasteiger partial charge in [-0.1, -0.05) is 0 Å². The predicted molar refractivity (Wildman–Crippen MR) is 107 cm³/mol.